The van der Waals surface area contributed by atoms with E-state index in [9.17, 15) is 0 Å². The molecule has 0 amide bonds. The minimum Gasteiger partial charge on any atom is -0.258 e. The molecule has 0 aliphatic rings. The van der Waals surface area contributed by atoms with Crippen molar-refractivity contribution in [2.75, 3.05) is 0 Å². The van der Waals surface area contributed by atoms with Gasteiger partial charge in [-0.2, -0.15) is 5.10 Å². The van der Waals surface area contributed by atoms with Gasteiger partial charge in [-0.25, -0.2) is 0 Å². The number of aryl methyl sites for hydroxylation is 1. The lowest BCUT2D eigenvalue weighted by atomic mass is 10.1. The summed E-state index contributed by atoms with van der Waals surface area (Å²) in [5.41, 5.74) is 0. The molecule has 1 aromatic heterocycles. The fraction of sp³-hybridized carbons (Fsp3) is 0.818. The highest BCUT2D eigenvalue weighted by Crippen LogP contribution is 2.12. The summed E-state index contributed by atoms with van der Waals surface area (Å²) in [4.78, 5) is 0. The average molecular weight is 244 g/mol. The van der Waals surface area contributed by atoms with Crippen molar-refractivity contribution in [1.82, 2.24) is 10.2 Å². The number of unbranched alkanes of at least 4 members (excludes halogenated alkanes) is 6. The molecule has 4 heteroatoms. The Morgan fingerprint density at radius 3 is 2.40 bits per heavy atom. The van der Waals surface area contributed by atoms with Gasteiger partial charge in [-0.15, -0.1) is 0 Å². The summed E-state index contributed by atoms with van der Waals surface area (Å²) in [5, 5.41) is 8.13. The molecule has 86 valence electrons. The molecule has 0 fully saturated rings. The van der Waals surface area contributed by atoms with Crippen molar-refractivity contribution in [3.63, 3.8) is 0 Å². The number of H-pyrrole nitrogens is 1. The zero-order valence-electron chi connectivity index (χ0n) is 9.42. The quantitative estimate of drug-likeness (QED) is 0.539. The smallest absolute Gasteiger partial charge is 0.176 e. The van der Waals surface area contributed by atoms with Gasteiger partial charge >= 0.3 is 0 Å². The van der Waals surface area contributed by atoms with Crippen LogP contribution in [0.5, 0.6) is 0 Å². The van der Waals surface area contributed by atoms with Crippen LogP contribution in [0, 0.1) is 3.95 Å². The summed E-state index contributed by atoms with van der Waals surface area (Å²) < 4.78 is 0.799. The molecule has 0 atom stereocenters. The average Bonchev–Trinajstić information content (AvgIpc) is 2.63. The van der Waals surface area contributed by atoms with Crippen LogP contribution in [0.4, 0.5) is 0 Å². The molecule has 0 unspecified atom stereocenters. The van der Waals surface area contributed by atoms with E-state index >= 15 is 0 Å². The number of hydrogen-bond donors (Lipinski definition) is 1. The Labute approximate surface area is 101 Å². The molecule has 0 radical (unpaired) electrons. The first-order chi connectivity index (χ1) is 7.33. The Hall–Kier alpha value is -0.220. The van der Waals surface area contributed by atoms with E-state index in [1.165, 1.54) is 44.9 Å². The predicted molar refractivity (Wildman–Crippen MR) is 69.0 cm³/mol. The SMILES string of the molecule is CCCCCCCCCc1n[nH]c(=S)s1. The highest BCUT2D eigenvalue weighted by atomic mass is 32.1. The van der Waals surface area contributed by atoms with Crippen LogP contribution >= 0.6 is 23.6 Å². The van der Waals surface area contributed by atoms with E-state index in [4.69, 9.17) is 12.2 Å². The summed E-state index contributed by atoms with van der Waals surface area (Å²) in [6, 6.07) is 0. The lowest BCUT2D eigenvalue weighted by molar-refractivity contribution is 0.588. The van der Waals surface area contributed by atoms with Gasteiger partial charge in [-0.1, -0.05) is 56.8 Å². The molecule has 1 N–H and O–H groups in total. The Bertz CT molecular complexity index is 304. The molecule has 15 heavy (non-hydrogen) atoms. The molecule has 0 aliphatic heterocycles. The highest BCUT2D eigenvalue weighted by Gasteiger charge is 1.97. The van der Waals surface area contributed by atoms with E-state index in [1.54, 1.807) is 11.3 Å². The topological polar surface area (TPSA) is 28.7 Å². The third-order valence-corrected chi connectivity index (χ3v) is 3.63. The van der Waals surface area contributed by atoms with Gasteiger partial charge in [0, 0.05) is 6.42 Å². The minimum atomic E-state index is 0.799. The van der Waals surface area contributed by atoms with Crippen molar-refractivity contribution >= 4 is 23.6 Å². The summed E-state index contributed by atoms with van der Waals surface area (Å²) in [5.74, 6) is 0. The summed E-state index contributed by atoms with van der Waals surface area (Å²) in [7, 11) is 0. The van der Waals surface area contributed by atoms with Crippen LogP contribution in [0.1, 0.15) is 56.9 Å². The fourth-order valence-electron chi connectivity index (χ4n) is 1.60. The Kier molecular flexibility index (Phi) is 6.85. The number of nitrogens with zero attached hydrogens (tertiary/aromatic N) is 1. The molecule has 0 aromatic carbocycles. The molecule has 1 aromatic rings. The van der Waals surface area contributed by atoms with Crippen molar-refractivity contribution in [2.45, 2.75) is 58.3 Å². The number of nitrogens with one attached hydrogen (secondary N) is 1. The lowest BCUT2D eigenvalue weighted by Gasteiger charge is -1.99. The van der Waals surface area contributed by atoms with Crippen molar-refractivity contribution in [3.05, 3.63) is 8.96 Å². The van der Waals surface area contributed by atoms with Crippen LogP contribution in [-0.2, 0) is 6.42 Å². The molecule has 0 spiro atoms. The Morgan fingerprint density at radius 1 is 1.13 bits per heavy atom. The first kappa shape index (κ1) is 12.8. The number of aromatic nitrogens is 2. The number of hydrogen-bond acceptors (Lipinski definition) is 3. The van der Waals surface area contributed by atoms with E-state index in [0.717, 1.165) is 15.4 Å². The zero-order chi connectivity index (χ0) is 10.9. The number of rotatable bonds is 8. The van der Waals surface area contributed by atoms with Crippen LogP contribution in [0.3, 0.4) is 0 Å². The summed E-state index contributed by atoms with van der Waals surface area (Å²) >= 11 is 6.59. The molecule has 0 saturated heterocycles. The maximum Gasteiger partial charge on any atom is 0.176 e. The maximum absolute atomic E-state index is 4.98. The van der Waals surface area contributed by atoms with Crippen LogP contribution in [0.2, 0.25) is 0 Å². The molecule has 1 rings (SSSR count). The van der Waals surface area contributed by atoms with Gasteiger partial charge in [0.15, 0.2) is 3.95 Å². The van der Waals surface area contributed by atoms with Gasteiger partial charge in [0.05, 0.1) is 0 Å². The lowest BCUT2D eigenvalue weighted by Crippen LogP contribution is -1.85. The highest BCUT2D eigenvalue weighted by molar-refractivity contribution is 7.73. The Morgan fingerprint density at radius 2 is 1.80 bits per heavy atom. The molecule has 0 bridgehead atoms. The van der Waals surface area contributed by atoms with E-state index in [-0.39, 0.29) is 0 Å². The van der Waals surface area contributed by atoms with Gasteiger partial charge < -0.3 is 0 Å². The second-order valence-electron chi connectivity index (χ2n) is 3.88. The van der Waals surface area contributed by atoms with E-state index in [2.05, 4.69) is 17.1 Å². The first-order valence-electron chi connectivity index (χ1n) is 5.87. The maximum atomic E-state index is 4.98. The van der Waals surface area contributed by atoms with Gasteiger partial charge in [-0.05, 0) is 18.6 Å². The second kappa shape index (κ2) is 7.99. The standard InChI is InChI=1S/C11H20N2S2/c1-2-3-4-5-6-7-8-9-10-12-13-11(14)15-10/h2-9H2,1H3,(H,13,14). The van der Waals surface area contributed by atoms with Gasteiger partial charge in [-0.3, -0.25) is 5.10 Å². The van der Waals surface area contributed by atoms with Crippen LogP contribution < -0.4 is 0 Å². The molecule has 0 saturated carbocycles. The largest absolute Gasteiger partial charge is 0.258 e. The van der Waals surface area contributed by atoms with Crippen LogP contribution in [-0.4, -0.2) is 10.2 Å². The second-order valence-corrected chi connectivity index (χ2v) is 5.63. The molecule has 0 aliphatic carbocycles. The molecule has 1 heterocycles. The zero-order valence-corrected chi connectivity index (χ0v) is 11.1. The first-order valence-corrected chi connectivity index (χ1v) is 7.09. The van der Waals surface area contributed by atoms with E-state index < -0.39 is 0 Å². The normalized spacial score (nSPS) is 10.7. The third kappa shape index (κ3) is 6.05. The van der Waals surface area contributed by atoms with Crippen molar-refractivity contribution < 1.29 is 0 Å². The van der Waals surface area contributed by atoms with Gasteiger partial charge in [0.25, 0.3) is 0 Å². The van der Waals surface area contributed by atoms with Gasteiger partial charge in [0.2, 0.25) is 0 Å². The van der Waals surface area contributed by atoms with Crippen molar-refractivity contribution in [2.24, 2.45) is 0 Å². The molecule has 2 nitrogen and oxygen atoms in total. The van der Waals surface area contributed by atoms with Crippen molar-refractivity contribution in [1.29, 1.82) is 0 Å². The fourth-order valence-corrected chi connectivity index (χ4v) is 2.58. The third-order valence-electron chi connectivity index (χ3n) is 2.48. The van der Waals surface area contributed by atoms with Crippen LogP contribution in [0.15, 0.2) is 0 Å². The van der Waals surface area contributed by atoms with Gasteiger partial charge in [0.1, 0.15) is 5.01 Å². The Balaban J connectivity index is 1.95. The summed E-state index contributed by atoms with van der Waals surface area (Å²) in [6.07, 6.45) is 10.6. The predicted octanol–water partition coefficient (Wildman–Crippen LogP) is 4.49. The molecular weight excluding hydrogens is 224 g/mol. The van der Waals surface area contributed by atoms with E-state index in [1.807, 2.05) is 0 Å². The monoisotopic (exact) mass is 244 g/mol. The number of aromatic amines is 1. The molecular formula is C11H20N2S2. The minimum absolute atomic E-state index is 0.799. The van der Waals surface area contributed by atoms with E-state index in [0.29, 0.717) is 0 Å². The van der Waals surface area contributed by atoms with Crippen molar-refractivity contribution in [3.8, 4) is 0 Å². The van der Waals surface area contributed by atoms with Crippen LogP contribution in [0.25, 0.3) is 0 Å². The summed E-state index contributed by atoms with van der Waals surface area (Å²) in [6.45, 7) is 2.26.